The first-order chi connectivity index (χ1) is 17.5. The normalized spacial score (nSPS) is 10.7. The van der Waals surface area contributed by atoms with Crippen molar-refractivity contribution < 1.29 is 23.7 Å². The second kappa shape index (κ2) is 10.8. The second-order valence-corrected chi connectivity index (χ2v) is 7.84. The fraction of sp³-hybridized carbons (Fsp3) is 0.222. The molecule has 0 spiro atoms. The first-order valence-electron chi connectivity index (χ1n) is 11.2. The van der Waals surface area contributed by atoms with Gasteiger partial charge >= 0.3 is 0 Å². The second-order valence-electron chi connectivity index (χ2n) is 7.84. The zero-order valence-electron chi connectivity index (χ0n) is 20.5. The van der Waals surface area contributed by atoms with Crippen molar-refractivity contribution in [2.75, 3.05) is 35.0 Å². The van der Waals surface area contributed by atoms with Crippen LogP contribution in [0.4, 0.5) is 0 Å². The van der Waals surface area contributed by atoms with Crippen LogP contribution in [0.1, 0.15) is 16.1 Å². The Balaban J connectivity index is 1.66. The average Bonchev–Trinajstić information content (AvgIpc) is 2.92. The molecule has 0 saturated heterocycles. The number of rotatable bonds is 9. The number of ether oxygens (including phenoxy) is 4. The van der Waals surface area contributed by atoms with E-state index in [1.807, 2.05) is 18.2 Å². The minimum atomic E-state index is -0.395. The van der Waals surface area contributed by atoms with E-state index in [1.54, 1.807) is 63.8 Å². The highest BCUT2D eigenvalue weighted by atomic mass is 16.5. The fourth-order valence-electron chi connectivity index (χ4n) is 3.92. The number of benzene rings is 3. The molecule has 1 aromatic heterocycles. The molecule has 4 aromatic rings. The van der Waals surface area contributed by atoms with Gasteiger partial charge in [0, 0.05) is 18.0 Å². The number of carbonyl (C=O) groups is 1. The van der Waals surface area contributed by atoms with Crippen LogP contribution >= 0.6 is 0 Å². The number of nitrogens with zero attached hydrogens (tertiary/aromatic N) is 2. The van der Waals surface area contributed by atoms with Gasteiger partial charge in [-0.05, 0) is 42.3 Å². The fourth-order valence-corrected chi connectivity index (χ4v) is 3.92. The number of hydrogen-bond acceptors (Lipinski definition) is 7. The standard InChI is InChI=1S/C27H27N3O6/c1-33-18-10-11-21(23(16-18)35-3)30-27(32)20-8-6-5-7-19(20)25(29-30)26(31)28-14-13-17-9-12-22(34-2)24(15-17)36-4/h5-12,15-16H,13-14H2,1-4H3,(H,28,31). The molecule has 3 aromatic carbocycles. The summed E-state index contributed by atoms with van der Waals surface area (Å²) in [5.41, 5.74) is 1.14. The molecule has 9 heteroatoms. The highest BCUT2D eigenvalue weighted by Crippen LogP contribution is 2.28. The van der Waals surface area contributed by atoms with Crippen LogP contribution in [-0.2, 0) is 6.42 Å². The molecule has 0 atom stereocenters. The smallest absolute Gasteiger partial charge is 0.279 e. The Labute approximate surface area is 208 Å². The third-order valence-electron chi connectivity index (χ3n) is 5.78. The van der Waals surface area contributed by atoms with Gasteiger partial charge < -0.3 is 24.3 Å². The summed E-state index contributed by atoms with van der Waals surface area (Å²) < 4.78 is 22.5. The van der Waals surface area contributed by atoms with E-state index in [0.29, 0.717) is 52.4 Å². The van der Waals surface area contributed by atoms with E-state index in [4.69, 9.17) is 18.9 Å². The maximum Gasteiger partial charge on any atom is 0.279 e. The molecule has 0 aliphatic carbocycles. The maximum absolute atomic E-state index is 13.3. The molecule has 0 fully saturated rings. The van der Waals surface area contributed by atoms with Gasteiger partial charge in [-0.1, -0.05) is 24.3 Å². The molecule has 1 amide bonds. The Kier molecular flexibility index (Phi) is 7.39. The van der Waals surface area contributed by atoms with Crippen molar-refractivity contribution in [1.29, 1.82) is 0 Å². The summed E-state index contributed by atoms with van der Waals surface area (Å²) in [4.78, 5) is 26.5. The van der Waals surface area contributed by atoms with Crippen molar-refractivity contribution in [3.05, 3.63) is 82.3 Å². The van der Waals surface area contributed by atoms with Crippen molar-refractivity contribution in [1.82, 2.24) is 15.1 Å². The summed E-state index contributed by atoms with van der Waals surface area (Å²) in [6.45, 7) is 0.356. The first kappa shape index (κ1) is 24.6. The number of amides is 1. The van der Waals surface area contributed by atoms with Crippen LogP contribution in [0.3, 0.4) is 0 Å². The van der Waals surface area contributed by atoms with Gasteiger partial charge in [0.05, 0.1) is 33.8 Å². The average molecular weight is 490 g/mol. The molecule has 0 aliphatic heterocycles. The SMILES string of the molecule is COc1ccc(-n2nc(C(=O)NCCc3ccc(OC)c(OC)c3)c3ccccc3c2=O)c(OC)c1. The van der Waals surface area contributed by atoms with Crippen LogP contribution in [0, 0.1) is 0 Å². The van der Waals surface area contributed by atoms with Crippen LogP contribution in [0.25, 0.3) is 16.5 Å². The molecule has 0 aliphatic rings. The minimum Gasteiger partial charge on any atom is -0.497 e. The Morgan fingerprint density at radius 2 is 1.56 bits per heavy atom. The molecule has 0 radical (unpaired) electrons. The highest BCUT2D eigenvalue weighted by molar-refractivity contribution is 6.04. The van der Waals surface area contributed by atoms with E-state index in [9.17, 15) is 9.59 Å². The molecule has 1 heterocycles. The van der Waals surface area contributed by atoms with E-state index in [-0.39, 0.29) is 11.3 Å². The van der Waals surface area contributed by atoms with Gasteiger partial charge in [0.25, 0.3) is 11.5 Å². The van der Waals surface area contributed by atoms with E-state index in [1.165, 1.54) is 11.8 Å². The number of fused-ring (bicyclic) bond motifs is 1. The summed E-state index contributed by atoms with van der Waals surface area (Å²) in [5.74, 6) is 1.82. The van der Waals surface area contributed by atoms with Gasteiger partial charge in [0.2, 0.25) is 0 Å². The number of nitrogens with one attached hydrogen (secondary N) is 1. The lowest BCUT2D eigenvalue weighted by Gasteiger charge is -2.14. The molecular weight excluding hydrogens is 462 g/mol. The van der Waals surface area contributed by atoms with E-state index in [0.717, 1.165) is 5.56 Å². The quantitative estimate of drug-likeness (QED) is 0.385. The van der Waals surface area contributed by atoms with E-state index >= 15 is 0 Å². The van der Waals surface area contributed by atoms with E-state index in [2.05, 4.69) is 10.4 Å². The first-order valence-corrected chi connectivity index (χ1v) is 11.2. The monoisotopic (exact) mass is 489 g/mol. The molecule has 0 unspecified atom stereocenters. The predicted octanol–water partition coefficient (Wildman–Crippen LogP) is 3.39. The third-order valence-corrected chi connectivity index (χ3v) is 5.78. The van der Waals surface area contributed by atoms with Crippen LogP contribution < -0.4 is 29.8 Å². The minimum absolute atomic E-state index is 0.135. The summed E-state index contributed by atoms with van der Waals surface area (Å²) in [6, 6.07) is 17.5. The summed E-state index contributed by atoms with van der Waals surface area (Å²) in [7, 11) is 6.19. The van der Waals surface area contributed by atoms with Crippen molar-refractivity contribution in [3.63, 3.8) is 0 Å². The summed E-state index contributed by atoms with van der Waals surface area (Å²) in [6.07, 6.45) is 0.565. The maximum atomic E-state index is 13.3. The summed E-state index contributed by atoms with van der Waals surface area (Å²) in [5, 5.41) is 8.19. The van der Waals surface area contributed by atoms with Gasteiger partial charge in [-0.25, -0.2) is 0 Å². The van der Waals surface area contributed by atoms with Gasteiger partial charge in [-0.15, -0.1) is 0 Å². The van der Waals surface area contributed by atoms with E-state index < -0.39 is 5.91 Å². The Bertz CT molecular complexity index is 1460. The van der Waals surface area contributed by atoms with Gasteiger partial charge in [0.15, 0.2) is 17.2 Å². The Morgan fingerprint density at radius 1 is 0.833 bits per heavy atom. The van der Waals surface area contributed by atoms with Crippen LogP contribution in [-0.4, -0.2) is 50.7 Å². The van der Waals surface area contributed by atoms with Crippen LogP contribution in [0.5, 0.6) is 23.0 Å². The molecular formula is C27H27N3O6. The molecule has 186 valence electrons. The van der Waals surface area contributed by atoms with Gasteiger partial charge in [-0.2, -0.15) is 9.78 Å². The lowest BCUT2D eigenvalue weighted by atomic mass is 10.1. The Hall–Kier alpha value is -4.53. The largest absolute Gasteiger partial charge is 0.497 e. The van der Waals surface area contributed by atoms with Crippen molar-refractivity contribution >= 4 is 16.7 Å². The summed E-state index contributed by atoms with van der Waals surface area (Å²) >= 11 is 0. The lowest BCUT2D eigenvalue weighted by Crippen LogP contribution is -2.31. The number of methoxy groups -OCH3 is 4. The lowest BCUT2D eigenvalue weighted by molar-refractivity contribution is 0.0949. The van der Waals surface area contributed by atoms with Crippen molar-refractivity contribution in [3.8, 4) is 28.7 Å². The van der Waals surface area contributed by atoms with Crippen molar-refractivity contribution in [2.24, 2.45) is 0 Å². The zero-order valence-corrected chi connectivity index (χ0v) is 20.5. The topological polar surface area (TPSA) is 101 Å². The Morgan fingerprint density at radius 3 is 2.25 bits per heavy atom. The van der Waals surface area contributed by atoms with Crippen LogP contribution in [0.15, 0.2) is 65.5 Å². The van der Waals surface area contributed by atoms with Crippen LogP contribution in [0.2, 0.25) is 0 Å². The van der Waals surface area contributed by atoms with Gasteiger partial charge in [0.1, 0.15) is 17.2 Å². The number of aromatic nitrogens is 2. The molecule has 4 rings (SSSR count). The molecule has 36 heavy (non-hydrogen) atoms. The number of carbonyl (C=O) groups excluding carboxylic acids is 1. The molecule has 9 nitrogen and oxygen atoms in total. The predicted molar refractivity (Wildman–Crippen MR) is 136 cm³/mol. The number of hydrogen-bond donors (Lipinski definition) is 1. The molecule has 0 bridgehead atoms. The molecule has 0 saturated carbocycles. The van der Waals surface area contributed by atoms with Crippen molar-refractivity contribution in [2.45, 2.75) is 6.42 Å². The highest BCUT2D eigenvalue weighted by Gasteiger charge is 2.19. The zero-order chi connectivity index (χ0) is 25.7. The van der Waals surface area contributed by atoms with Gasteiger partial charge in [-0.3, -0.25) is 9.59 Å². The third kappa shape index (κ3) is 4.81. The molecule has 1 N–H and O–H groups in total.